The van der Waals surface area contributed by atoms with Crippen molar-refractivity contribution >= 4 is 32.8 Å². The van der Waals surface area contributed by atoms with Crippen molar-refractivity contribution in [3.63, 3.8) is 0 Å². The third-order valence-electron chi connectivity index (χ3n) is 7.29. The number of fused-ring (bicyclic) bond motifs is 1. The van der Waals surface area contributed by atoms with Gasteiger partial charge in [-0.05, 0) is 80.3 Å². The van der Waals surface area contributed by atoms with E-state index in [2.05, 4.69) is 43.5 Å². The summed E-state index contributed by atoms with van der Waals surface area (Å²) in [6, 6.07) is 12.0. The summed E-state index contributed by atoms with van der Waals surface area (Å²) in [7, 11) is -3.52. The lowest BCUT2D eigenvalue weighted by molar-refractivity contribution is 0.0960. The number of sulfonamides is 1. The van der Waals surface area contributed by atoms with E-state index >= 15 is 0 Å². The van der Waals surface area contributed by atoms with Crippen LogP contribution in [0.2, 0.25) is 0 Å². The summed E-state index contributed by atoms with van der Waals surface area (Å²) in [5.41, 5.74) is 5.54. The second-order valence-corrected chi connectivity index (χ2v) is 13.0. The minimum Gasteiger partial charge on any atom is -0.376 e. The summed E-state index contributed by atoms with van der Waals surface area (Å²) in [6.07, 6.45) is 4.30. The largest absolute Gasteiger partial charge is 0.376 e. The van der Waals surface area contributed by atoms with E-state index in [4.69, 9.17) is 9.72 Å². The molecule has 6 nitrogen and oxygen atoms in total. The average Bonchev–Trinajstić information content (AvgIpc) is 3.48. The maximum atomic E-state index is 13.4. The fraction of sp³-hybridized carbons (Fsp3) is 0.519. The molecule has 0 saturated carbocycles. The van der Waals surface area contributed by atoms with Gasteiger partial charge < -0.3 is 9.30 Å². The van der Waals surface area contributed by atoms with Crippen molar-refractivity contribution in [1.82, 2.24) is 13.9 Å². The molecule has 2 aliphatic heterocycles. The van der Waals surface area contributed by atoms with E-state index in [1.54, 1.807) is 28.2 Å². The van der Waals surface area contributed by atoms with Gasteiger partial charge >= 0.3 is 0 Å². The molecule has 5 rings (SSSR count). The lowest BCUT2D eigenvalue weighted by Gasteiger charge is -2.30. The number of benzene rings is 2. The maximum absolute atomic E-state index is 13.4. The minimum atomic E-state index is -3.52. The Morgan fingerprint density at radius 2 is 1.94 bits per heavy atom. The number of imidazole rings is 1. The highest BCUT2D eigenvalue weighted by atomic mass is 32.2. The van der Waals surface area contributed by atoms with Gasteiger partial charge in [0.1, 0.15) is 0 Å². The van der Waals surface area contributed by atoms with Crippen LogP contribution in [0.25, 0.3) is 11.0 Å². The van der Waals surface area contributed by atoms with Crippen molar-refractivity contribution in [2.75, 3.05) is 19.7 Å². The zero-order valence-corrected chi connectivity index (χ0v) is 22.5. The third kappa shape index (κ3) is 5.31. The maximum Gasteiger partial charge on any atom is 0.243 e. The second kappa shape index (κ2) is 10.2. The van der Waals surface area contributed by atoms with Gasteiger partial charge in [0, 0.05) is 25.4 Å². The summed E-state index contributed by atoms with van der Waals surface area (Å²) in [4.78, 5) is 5.27. The van der Waals surface area contributed by atoms with Gasteiger partial charge in [0.2, 0.25) is 10.0 Å². The Morgan fingerprint density at radius 1 is 1.09 bits per heavy atom. The molecule has 188 valence electrons. The Balaban J connectivity index is 1.46. The fourth-order valence-corrected chi connectivity index (χ4v) is 7.67. The average molecular weight is 514 g/mol. The van der Waals surface area contributed by atoms with E-state index in [9.17, 15) is 8.42 Å². The summed E-state index contributed by atoms with van der Waals surface area (Å²) >= 11 is 1.70. The first-order valence-corrected chi connectivity index (χ1v) is 15.0. The fourth-order valence-electron chi connectivity index (χ4n) is 5.08. The monoisotopic (exact) mass is 513 g/mol. The predicted octanol–water partition coefficient (Wildman–Crippen LogP) is 5.55. The summed E-state index contributed by atoms with van der Waals surface area (Å²) in [6.45, 7) is 9.11. The smallest absolute Gasteiger partial charge is 0.243 e. The van der Waals surface area contributed by atoms with Crippen LogP contribution in [0, 0.1) is 19.8 Å². The highest BCUT2D eigenvalue weighted by Crippen LogP contribution is 2.31. The molecule has 2 atom stereocenters. The van der Waals surface area contributed by atoms with E-state index < -0.39 is 10.0 Å². The van der Waals surface area contributed by atoms with Gasteiger partial charge in [0.25, 0.3) is 0 Å². The first-order chi connectivity index (χ1) is 16.8. The normalized spacial score (nSPS) is 21.7. The van der Waals surface area contributed by atoms with Gasteiger partial charge in [-0.1, -0.05) is 36.9 Å². The van der Waals surface area contributed by atoms with Gasteiger partial charge in [-0.2, -0.15) is 4.31 Å². The number of piperidine rings is 1. The van der Waals surface area contributed by atoms with Crippen LogP contribution in [0.15, 0.2) is 46.5 Å². The van der Waals surface area contributed by atoms with Gasteiger partial charge in [-0.15, -0.1) is 0 Å². The van der Waals surface area contributed by atoms with Crippen LogP contribution in [-0.2, 0) is 27.1 Å². The molecule has 0 bridgehead atoms. The van der Waals surface area contributed by atoms with E-state index in [1.165, 1.54) is 16.7 Å². The van der Waals surface area contributed by atoms with Crippen molar-refractivity contribution in [2.45, 2.75) is 74.9 Å². The summed E-state index contributed by atoms with van der Waals surface area (Å²) in [5.74, 6) is 1.20. The van der Waals surface area contributed by atoms with E-state index in [0.717, 1.165) is 60.8 Å². The van der Waals surface area contributed by atoms with Crippen molar-refractivity contribution in [1.29, 1.82) is 0 Å². The molecule has 8 heteroatoms. The molecule has 35 heavy (non-hydrogen) atoms. The number of hydrogen-bond donors (Lipinski definition) is 0. The lowest BCUT2D eigenvalue weighted by Crippen LogP contribution is -2.39. The molecular formula is C27H35N3O3S2. The number of ether oxygens (including phenoxy) is 1. The SMILES string of the molecule is Cc1ccc(CSc2nc3cc(S(=O)(=O)N4CCC[C@@H](C)C4)ccc3n2C[C@H]2CCCO2)cc1C. The van der Waals surface area contributed by atoms with Gasteiger partial charge in [0.15, 0.2) is 5.16 Å². The third-order valence-corrected chi connectivity index (χ3v) is 10.2. The highest BCUT2D eigenvalue weighted by molar-refractivity contribution is 7.98. The Morgan fingerprint density at radius 3 is 2.69 bits per heavy atom. The van der Waals surface area contributed by atoms with Crippen LogP contribution in [0.3, 0.4) is 0 Å². The van der Waals surface area contributed by atoms with Crippen LogP contribution in [0.1, 0.15) is 49.3 Å². The number of thioether (sulfide) groups is 1. The van der Waals surface area contributed by atoms with Crippen LogP contribution < -0.4 is 0 Å². The molecule has 1 aromatic heterocycles. The minimum absolute atomic E-state index is 0.173. The summed E-state index contributed by atoms with van der Waals surface area (Å²) in [5, 5.41) is 0.912. The van der Waals surface area contributed by atoms with E-state index in [0.29, 0.717) is 23.9 Å². The van der Waals surface area contributed by atoms with Gasteiger partial charge in [0.05, 0.1) is 28.6 Å². The van der Waals surface area contributed by atoms with Crippen molar-refractivity contribution < 1.29 is 13.2 Å². The number of aromatic nitrogens is 2. The zero-order valence-electron chi connectivity index (χ0n) is 20.9. The van der Waals surface area contributed by atoms with Crippen LogP contribution in [-0.4, -0.2) is 48.1 Å². The molecule has 0 spiro atoms. The summed E-state index contributed by atoms with van der Waals surface area (Å²) < 4.78 is 36.6. The molecule has 3 heterocycles. The van der Waals surface area contributed by atoms with Crippen LogP contribution in [0.5, 0.6) is 0 Å². The Labute approximate surface area is 213 Å². The van der Waals surface area contributed by atoms with Crippen molar-refractivity contribution in [3.05, 3.63) is 53.1 Å². The number of rotatable bonds is 7. The van der Waals surface area contributed by atoms with Gasteiger partial charge in [-0.3, -0.25) is 0 Å². The van der Waals surface area contributed by atoms with E-state index in [-0.39, 0.29) is 6.10 Å². The molecule has 0 radical (unpaired) electrons. The molecule has 2 saturated heterocycles. The topological polar surface area (TPSA) is 64.4 Å². The number of aryl methyl sites for hydroxylation is 2. The quantitative estimate of drug-likeness (QED) is 0.388. The Hall–Kier alpha value is -1.87. The Bertz CT molecular complexity index is 1310. The van der Waals surface area contributed by atoms with E-state index in [1.807, 2.05) is 6.07 Å². The molecule has 2 aliphatic rings. The van der Waals surface area contributed by atoms with Crippen molar-refractivity contribution in [2.24, 2.45) is 5.92 Å². The molecule has 2 aromatic carbocycles. The molecule has 0 aliphatic carbocycles. The molecule has 0 amide bonds. The van der Waals surface area contributed by atoms with Gasteiger partial charge in [-0.25, -0.2) is 13.4 Å². The zero-order chi connectivity index (χ0) is 24.6. The highest BCUT2D eigenvalue weighted by Gasteiger charge is 2.29. The van der Waals surface area contributed by atoms with Crippen LogP contribution >= 0.6 is 11.8 Å². The van der Waals surface area contributed by atoms with Crippen LogP contribution in [0.4, 0.5) is 0 Å². The second-order valence-electron chi connectivity index (χ2n) is 10.1. The molecule has 3 aromatic rings. The molecular weight excluding hydrogens is 478 g/mol. The predicted molar refractivity (Wildman–Crippen MR) is 141 cm³/mol. The molecule has 0 N–H and O–H groups in total. The molecule has 2 fully saturated rings. The standard InChI is InChI=1S/C27H35N3O3S2/c1-19-6-4-12-29(16-19)35(31,32)24-10-11-26-25(15-24)28-27(30(26)17-23-7-5-13-33-23)34-18-22-9-8-20(2)21(3)14-22/h8-11,14-15,19,23H,4-7,12-13,16-18H2,1-3H3/t19-,23-/m1/s1. The lowest BCUT2D eigenvalue weighted by atomic mass is 10.0. The molecule has 0 unspecified atom stereocenters. The number of nitrogens with zero attached hydrogens (tertiary/aromatic N) is 3. The van der Waals surface area contributed by atoms with Crippen molar-refractivity contribution in [3.8, 4) is 0 Å². The number of hydrogen-bond acceptors (Lipinski definition) is 5. The first kappa shape index (κ1) is 24.8. The first-order valence-electron chi connectivity index (χ1n) is 12.6. The Kier molecular flexibility index (Phi) is 7.26.